The summed E-state index contributed by atoms with van der Waals surface area (Å²) in [5.41, 5.74) is 2.43. The summed E-state index contributed by atoms with van der Waals surface area (Å²) in [6.07, 6.45) is 1.51. The lowest BCUT2D eigenvalue weighted by atomic mass is 10.1. The number of nitrogen functional groups attached to an aromatic ring is 1. The van der Waals surface area contributed by atoms with Crippen molar-refractivity contribution in [1.29, 1.82) is 0 Å². The fourth-order valence-electron chi connectivity index (χ4n) is 1.33. The van der Waals surface area contributed by atoms with Crippen LogP contribution in [0.15, 0.2) is 28.9 Å². The van der Waals surface area contributed by atoms with Crippen molar-refractivity contribution in [1.82, 2.24) is 4.98 Å². The SMILES string of the molecule is NNc1nccc2c(F)ccc(Br)c12. The van der Waals surface area contributed by atoms with Gasteiger partial charge in [-0.2, -0.15) is 0 Å². The Hall–Kier alpha value is -1.20. The van der Waals surface area contributed by atoms with E-state index in [-0.39, 0.29) is 5.82 Å². The standard InChI is InChI=1S/C9H7BrFN3/c10-6-1-2-7(11)5-3-4-13-9(14-12)8(5)6/h1-4H,12H2,(H,13,14). The molecule has 14 heavy (non-hydrogen) atoms. The van der Waals surface area contributed by atoms with Gasteiger partial charge in [0.05, 0.1) is 0 Å². The van der Waals surface area contributed by atoms with Crippen molar-refractivity contribution < 1.29 is 4.39 Å². The third-order valence-electron chi connectivity index (χ3n) is 1.96. The molecule has 0 aliphatic carbocycles. The average molecular weight is 256 g/mol. The molecular weight excluding hydrogens is 249 g/mol. The van der Waals surface area contributed by atoms with Crippen molar-refractivity contribution in [3.63, 3.8) is 0 Å². The van der Waals surface area contributed by atoms with Crippen molar-refractivity contribution in [3.05, 3.63) is 34.7 Å². The number of pyridine rings is 1. The summed E-state index contributed by atoms with van der Waals surface area (Å²) in [6.45, 7) is 0. The molecule has 0 aliphatic rings. The number of hydrogen-bond donors (Lipinski definition) is 2. The lowest BCUT2D eigenvalue weighted by molar-refractivity contribution is 0.639. The maximum absolute atomic E-state index is 13.4. The van der Waals surface area contributed by atoms with Gasteiger partial charge in [0.15, 0.2) is 0 Å². The fourth-order valence-corrected chi connectivity index (χ4v) is 1.86. The number of benzene rings is 1. The van der Waals surface area contributed by atoms with E-state index in [2.05, 4.69) is 26.3 Å². The van der Waals surface area contributed by atoms with Gasteiger partial charge in [-0.3, -0.25) is 0 Å². The highest BCUT2D eigenvalue weighted by molar-refractivity contribution is 9.10. The smallest absolute Gasteiger partial charge is 0.149 e. The van der Waals surface area contributed by atoms with E-state index in [1.165, 1.54) is 12.3 Å². The van der Waals surface area contributed by atoms with E-state index in [0.29, 0.717) is 16.6 Å². The van der Waals surface area contributed by atoms with Crippen molar-refractivity contribution in [2.24, 2.45) is 5.84 Å². The topological polar surface area (TPSA) is 50.9 Å². The van der Waals surface area contributed by atoms with Crippen LogP contribution in [0.1, 0.15) is 0 Å². The number of fused-ring (bicyclic) bond motifs is 1. The average Bonchev–Trinajstić information content (AvgIpc) is 2.23. The Morgan fingerprint density at radius 3 is 2.86 bits per heavy atom. The number of anilines is 1. The molecule has 0 radical (unpaired) electrons. The van der Waals surface area contributed by atoms with E-state index in [4.69, 9.17) is 5.84 Å². The summed E-state index contributed by atoms with van der Waals surface area (Å²) in [6, 6.07) is 4.63. The molecule has 0 fully saturated rings. The molecule has 2 aromatic rings. The lowest BCUT2D eigenvalue weighted by Crippen LogP contribution is -2.09. The normalized spacial score (nSPS) is 10.5. The highest BCUT2D eigenvalue weighted by Gasteiger charge is 2.08. The van der Waals surface area contributed by atoms with Crippen LogP contribution in [0, 0.1) is 5.82 Å². The summed E-state index contributed by atoms with van der Waals surface area (Å²) >= 11 is 3.32. The van der Waals surface area contributed by atoms with Crippen LogP contribution in [0.5, 0.6) is 0 Å². The maximum atomic E-state index is 13.4. The highest BCUT2D eigenvalue weighted by atomic mass is 79.9. The molecule has 1 aromatic heterocycles. The number of aromatic nitrogens is 1. The minimum atomic E-state index is -0.290. The first-order valence-electron chi connectivity index (χ1n) is 3.93. The van der Waals surface area contributed by atoms with Crippen molar-refractivity contribution in [2.45, 2.75) is 0 Å². The fraction of sp³-hybridized carbons (Fsp3) is 0. The summed E-state index contributed by atoms with van der Waals surface area (Å²) in [7, 11) is 0. The van der Waals surface area contributed by atoms with Crippen molar-refractivity contribution >= 4 is 32.5 Å². The Kier molecular flexibility index (Phi) is 2.35. The van der Waals surface area contributed by atoms with Crippen LogP contribution in [-0.4, -0.2) is 4.98 Å². The van der Waals surface area contributed by atoms with E-state index in [0.717, 1.165) is 4.47 Å². The Morgan fingerprint density at radius 2 is 2.14 bits per heavy atom. The number of nitrogens with one attached hydrogen (secondary N) is 1. The first-order chi connectivity index (χ1) is 6.74. The molecule has 72 valence electrons. The zero-order chi connectivity index (χ0) is 10.1. The van der Waals surface area contributed by atoms with Gasteiger partial charge in [-0.05, 0) is 18.2 Å². The van der Waals surface area contributed by atoms with Gasteiger partial charge in [-0.1, -0.05) is 15.9 Å². The number of halogens is 2. The van der Waals surface area contributed by atoms with E-state index >= 15 is 0 Å². The van der Waals surface area contributed by atoms with E-state index in [1.807, 2.05) is 0 Å². The van der Waals surface area contributed by atoms with Crippen molar-refractivity contribution in [3.8, 4) is 0 Å². The molecule has 1 heterocycles. The second-order valence-electron chi connectivity index (χ2n) is 2.76. The Balaban J connectivity index is 2.92. The third kappa shape index (κ3) is 1.34. The summed E-state index contributed by atoms with van der Waals surface area (Å²) < 4.78 is 14.1. The molecule has 0 amide bonds. The van der Waals surface area contributed by atoms with Crippen molar-refractivity contribution in [2.75, 3.05) is 5.43 Å². The lowest BCUT2D eigenvalue weighted by Gasteiger charge is -2.06. The number of rotatable bonds is 1. The van der Waals surface area contributed by atoms with Crippen LogP contribution in [0.3, 0.4) is 0 Å². The summed E-state index contributed by atoms with van der Waals surface area (Å²) in [5, 5.41) is 1.14. The van der Waals surface area contributed by atoms with Crippen LogP contribution < -0.4 is 11.3 Å². The first kappa shape index (κ1) is 9.36. The van der Waals surface area contributed by atoms with Crippen LogP contribution in [0.2, 0.25) is 0 Å². The Morgan fingerprint density at radius 1 is 1.36 bits per heavy atom. The van der Waals surface area contributed by atoms with Gasteiger partial charge in [0.1, 0.15) is 11.6 Å². The first-order valence-corrected chi connectivity index (χ1v) is 4.72. The molecule has 1 aromatic carbocycles. The van der Waals surface area contributed by atoms with Crippen LogP contribution in [0.25, 0.3) is 10.8 Å². The van der Waals surface area contributed by atoms with Crippen LogP contribution in [-0.2, 0) is 0 Å². The molecule has 0 spiro atoms. The van der Waals surface area contributed by atoms with Gasteiger partial charge < -0.3 is 5.43 Å². The molecule has 2 rings (SSSR count). The quantitative estimate of drug-likeness (QED) is 0.608. The molecule has 3 nitrogen and oxygen atoms in total. The molecule has 0 unspecified atom stereocenters. The van der Waals surface area contributed by atoms with Gasteiger partial charge in [0, 0.05) is 21.4 Å². The van der Waals surface area contributed by atoms with Gasteiger partial charge >= 0.3 is 0 Å². The van der Waals surface area contributed by atoms with Gasteiger partial charge in [0.2, 0.25) is 0 Å². The molecule has 0 saturated carbocycles. The zero-order valence-electron chi connectivity index (χ0n) is 7.09. The predicted octanol–water partition coefficient (Wildman–Crippen LogP) is 2.42. The predicted molar refractivity (Wildman–Crippen MR) is 57.2 cm³/mol. The zero-order valence-corrected chi connectivity index (χ0v) is 8.68. The largest absolute Gasteiger partial charge is 0.308 e. The highest BCUT2D eigenvalue weighted by Crippen LogP contribution is 2.30. The van der Waals surface area contributed by atoms with Gasteiger partial charge in [-0.25, -0.2) is 15.2 Å². The van der Waals surface area contributed by atoms with E-state index in [9.17, 15) is 4.39 Å². The van der Waals surface area contributed by atoms with Gasteiger partial charge in [-0.15, -0.1) is 0 Å². The number of hydrogen-bond acceptors (Lipinski definition) is 3. The third-order valence-corrected chi connectivity index (χ3v) is 2.62. The van der Waals surface area contributed by atoms with E-state index < -0.39 is 0 Å². The second-order valence-corrected chi connectivity index (χ2v) is 3.61. The molecule has 3 N–H and O–H groups in total. The summed E-state index contributed by atoms with van der Waals surface area (Å²) in [5.74, 6) is 5.44. The molecule has 0 atom stereocenters. The Labute approximate surface area is 88.2 Å². The second kappa shape index (κ2) is 3.51. The minimum absolute atomic E-state index is 0.290. The Bertz CT molecular complexity index is 487. The number of nitrogens with zero attached hydrogens (tertiary/aromatic N) is 1. The molecule has 0 aliphatic heterocycles. The molecule has 0 saturated heterocycles. The minimum Gasteiger partial charge on any atom is -0.308 e. The monoisotopic (exact) mass is 255 g/mol. The molecule has 5 heteroatoms. The van der Waals surface area contributed by atoms with Gasteiger partial charge in [0.25, 0.3) is 0 Å². The molecular formula is C9H7BrFN3. The van der Waals surface area contributed by atoms with Crippen LogP contribution in [0.4, 0.5) is 10.2 Å². The van der Waals surface area contributed by atoms with E-state index in [1.54, 1.807) is 12.1 Å². The maximum Gasteiger partial charge on any atom is 0.149 e. The number of hydrazine groups is 1. The summed E-state index contributed by atoms with van der Waals surface area (Å²) in [4.78, 5) is 3.99. The number of nitrogens with two attached hydrogens (primary N) is 1. The molecule has 0 bridgehead atoms. The van der Waals surface area contributed by atoms with Crippen LogP contribution >= 0.6 is 15.9 Å².